The summed E-state index contributed by atoms with van der Waals surface area (Å²) in [5.41, 5.74) is 4.18. The smallest absolute Gasteiger partial charge is 0.251 e. The number of hydrogen-bond acceptors (Lipinski definition) is 5. The lowest BCUT2D eigenvalue weighted by Crippen LogP contribution is -2.34. The number of benzene rings is 1. The highest BCUT2D eigenvalue weighted by molar-refractivity contribution is 5.59. The van der Waals surface area contributed by atoms with Crippen LogP contribution in [0.4, 0.5) is 0 Å². The molecule has 0 radical (unpaired) electrons. The van der Waals surface area contributed by atoms with Gasteiger partial charge in [-0.2, -0.15) is 0 Å². The van der Waals surface area contributed by atoms with Crippen LogP contribution in [0.15, 0.2) is 47.5 Å². The number of aryl methyl sites for hydroxylation is 2. The number of hydrogen-bond donors (Lipinski definition) is 1. The molecule has 1 atom stereocenters. The number of piperidine rings is 1. The molecule has 6 heteroatoms. The Bertz CT molecular complexity index is 1010. The first kappa shape index (κ1) is 18.5. The summed E-state index contributed by atoms with van der Waals surface area (Å²) in [7, 11) is 0. The van der Waals surface area contributed by atoms with Gasteiger partial charge in [-0.05, 0) is 38.8 Å². The van der Waals surface area contributed by atoms with E-state index in [0.717, 1.165) is 55.1 Å². The van der Waals surface area contributed by atoms with Crippen LogP contribution in [-0.4, -0.2) is 37.9 Å². The number of aromatic nitrogens is 4. The van der Waals surface area contributed by atoms with Gasteiger partial charge in [-0.15, -0.1) is 0 Å². The van der Waals surface area contributed by atoms with Crippen LogP contribution < -0.4 is 5.56 Å². The molecule has 2 aromatic heterocycles. The van der Waals surface area contributed by atoms with E-state index in [4.69, 9.17) is 0 Å². The first-order valence-corrected chi connectivity index (χ1v) is 9.75. The van der Waals surface area contributed by atoms with E-state index in [1.807, 2.05) is 31.5 Å². The predicted octanol–water partition coefficient (Wildman–Crippen LogP) is 3.22. The fourth-order valence-electron chi connectivity index (χ4n) is 3.91. The van der Waals surface area contributed by atoms with Crippen molar-refractivity contribution in [1.82, 2.24) is 24.8 Å². The maximum absolute atomic E-state index is 11.8. The monoisotopic (exact) mass is 375 g/mol. The third-order valence-corrected chi connectivity index (χ3v) is 5.30. The molecular formula is C22H25N5O. The summed E-state index contributed by atoms with van der Waals surface area (Å²) in [4.78, 5) is 30.6. The van der Waals surface area contributed by atoms with Gasteiger partial charge >= 0.3 is 0 Å². The zero-order valence-corrected chi connectivity index (χ0v) is 16.4. The maximum atomic E-state index is 11.8. The lowest BCUT2D eigenvalue weighted by Gasteiger charge is -2.32. The van der Waals surface area contributed by atoms with Crippen LogP contribution in [0.3, 0.4) is 0 Å². The summed E-state index contributed by atoms with van der Waals surface area (Å²) in [6.07, 6.45) is 6.01. The summed E-state index contributed by atoms with van der Waals surface area (Å²) >= 11 is 0. The first-order valence-electron chi connectivity index (χ1n) is 9.75. The van der Waals surface area contributed by atoms with E-state index in [-0.39, 0.29) is 5.56 Å². The molecule has 1 aliphatic rings. The maximum Gasteiger partial charge on any atom is 0.251 e. The third kappa shape index (κ3) is 4.17. The highest BCUT2D eigenvalue weighted by Crippen LogP contribution is 2.26. The van der Waals surface area contributed by atoms with Gasteiger partial charge in [0.05, 0.1) is 5.69 Å². The minimum Gasteiger partial charge on any atom is -0.311 e. The van der Waals surface area contributed by atoms with Gasteiger partial charge < -0.3 is 4.98 Å². The molecular weight excluding hydrogens is 350 g/mol. The van der Waals surface area contributed by atoms with Crippen molar-refractivity contribution in [2.24, 2.45) is 0 Å². The Kier molecular flexibility index (Phi) is 5.30. The van der Waals surface area contributed by atoms with Crippen LogP contribution >= 0.6 is 0 Å². The van der Waals surface area contributed by atoms with Crippen LogP contribution in [-0.2, 0) is 6.54 Å². The number of H-pyrrole nitrogens is 1. The van der Waals surface area contributed by atoms with Crippen LogP contribution in [0.25, 0.3) is 11.4 Å². The molecule has 144 valence electrons. The van der Waals surface area contributed by atoms with Gasteiger partial charge in [0.1, 0.15) is 5.82 Å². The Labute approximate surface area is 164 Å². The molecule has 3 heterocycles. The number of aromatic amines is 1. The summed E-state index contributed by atoms with van der Waals surface area (Å²) < 4.78 is 0. The minimum absolute atomic E-state index is 0.0696. The van der Waals surface area contributed by atoms with Gasteiger partial charge in [0.2, 0.25) is 0 Å². The lowest BCUT2D eigenvalue weighted by molar-refractivity contribution is 0.198. The zero-order valence-electron chi connectivity index (χ0n) is 16.4. The number of likely N-dealkylation sites (tertiary alicyclic amines) is 1. The van der Waals surface area contributed by atoms with Crippen molar-refractivity contribution in [3.05, 3.63) is 75.7 Å². The summed E-state index contributed by atoms with van der Waals surface area (Å²) in [6, 6.07) is 9.80. The molecule has 1 aromatic carbocycles. The number of nitrogens with zero attached hydrogens (tertiary/aromatic N) is 4. The molecule has 1 saturated heterocycles. The Morgan fingerprint density at radius 2 is 1.96 bits per heavy atom. The molecule has 0 aliphatic carbocycles. The van der Waals surface area contributed by atoms with Gasteiger partial charge in [0, 0.05) is 48.6 Å². The highest BCUT2D eigenvalue weighted by atomic mass is 16.1. The Hall–Kier alpha value is -2.86. The van der Waals surface area contributed by atoms with Crippen molar-refractivity contribution in [2.75, 3.05) is 13.1 Å². The lowest BCUT2D eigenvalue weighted by atomic mass is 9.94. The van der Waals surface area contributed by atoms with Crippen molar-refractivity contribution in [1.29, 1.82) is 0 Å². The molecule has 28 heavy (non-hydrogen) atoms. The third-order valence-electron chi connectivity index (χ3n) is 5.30. The summed E-state index contributed by atoms with van der Waals surface area (Å²) in [5.74, 6) is 1.74. The normalized spacial score (nSPS) is 17.6. The van der Waals surface area contributed by atoms with E-state index in [2.05, 4.69) is 43.9 Å². The second kappa shape index (κ2) is 8.02. The second-order valence-electron chi connectivity index (χ2n) is 7.56. The van der Waals surface area contributed by atoms with Crippen molar-refractivity contribution in [3.8, 4) is 11.4 Å². The van der Waals surface area contributed by atoms with E-state index in [1.54, 1.807) is 6.07 Å². The quantitative estimate of drug-likeness (QED) is 0.758. The van der Waals surface area contributed by atoms with E-state index >= 15 is 0 Å². The van der Waals surface area contributed by atoms with Crippen LogP contribution in [0.5, 0.6) is 0 Å². The van der Waals surface area contributed by atoms with Crippen LogP contribution in [0, 0.1) is 13.8 Å². The van der Waals surface area contributed by atoms with Gasteiger partial charge in [0.25, 0.3) is 5.56 Å². The van der Waals surface area contributed by atoms with Gasteiger partial charge in [0.15, 0.2) is 5.82 Å². The molecule has 0 amide bonds. The number of rotatable bonds is 4. The topological polar surface area (TPSA) is 74.8 Å². The Morgan fingerprint density at radius 1 is 1.18 bits per heavy atom. The molecule has 6 nitrogen and oxygen atoms in total. The van der Waals surface area contributed by atoms with Crippen molar-refractivity contribution in [3.63, 3.8) is 0 Å². The fraction of sp³-hybridized carbons (Fsp3) is 0.364. The molecule has 0 bridgehead atoms. The average molecular weight is 375 g/mol. The van der Waals surface area contributed by atoms with Crippen LogP contribution in [0.2, 0.25) is 0 Å². The standard InChI is InChI=1S/C22H25N5O/c1-15-6-3-4-8-19(15)22-23-11-17(12-24-22)13-27-9-5-7-18(14-27)20-10-21(28)26-16(2)25-20/h3-4,6,8,10-12,18H,5,7,9,13-14H2,1-2H3,(H,25,26,28)/t18-/m1/s1. The molecule has 1 aliphatic heterocycles. The molecule has 0 spiro atoms. The predicted molar refractivity (Wildman–Crippen MR) is 109 cm³/mol. The molecule has 1 fully saturated rings. The van der Waals surface area contributed by atoms with E-state index in [1.165, 1.54) is 5.56 Å². The summed E-state index contributed by atoms with van der Waals surface area (Å²) in [5, 5.41) is 0. The van der Waals surface area contributed by atoms with Gasteiger partial charge in [-0.25, -0.2) is 15.0 Å². The van der Waals surface area contributed by atoms with E-state index in [9.17, 15) is 4.79 Å². The average Bonchev–Trinajstić information content (AvgIpc) is 2.69. The van der Waals surface area contributed by atoms with E-state index in [0.29, 0.717) is 11.7 Å². The van der Waals surface area contributed by atoms with Crippen molar-refractivity contribution in [2.45, 2.75) is 39.2 Å². The molecule has 1 N–H and O–H groups in total. The Balaban J connectivity index is 1.45. The fourth-order valence-corrected chi connectivity index (χ4v) is 3.91. The van der Waals surface area contributed by atoms with Crippen molar-refractivity contribution < 1.29 is 0 Å². The zero-order chi connectivity index (χ0) is 19.5. The number of nitrogens with one attached hydrogen (secondary N) is 1. The van der Waals surface area contributed by atoms with Crippen molar-refractivity contribution >= 4 is 0 Å². The second-order valence-corrected chi connectivity index (χ2v) is 7.56. The van der Waals surface area contributed by atoms with Gasteiger partial charge in [-0.3, -0.25) is 9.69 Å². The Morgan fingerprint density at radius 3 is 2.71 bits per heavy atom. The first-order chi connectivity index (χ1) is 13.6. The summed E-state index contributed by atoms with van der Waals surface area (Å²) in [6.45, 7) is 6.66. The SMILES string of the molecule is Cc1nc([C@@H]2CCCN(Cc3cnc(-c4ccccc4C)nc3)C2)cc(=O)[nH]1. The largest absolute Gasteiger partial charge is 0.311 e. The molecule has 3 aromatic rings. The highest BCUT2D eigenvalue weighted by Gasteiger charge is 2.23. The van der Waals surface area contributed by atoms with Gasteiger partial charge in [-0.1, -0.05) is 24.3 Å². The molecule has 0 saturated carbocycles. The molecule has 0 unspecified atom stereocenters. The molecule has 4 rings (SSSR count). The van der Waals surface area contributed by atoms with E-state index < -0.39 is 0 Å². The minimum atomic E-state index is -0.0696. The van der Waals surface area contributed by atoms with Crippen LogP contribution in [0.1, 0.15) is 41.4 Å².